The number of nitrogens with zero attached hydrogens (tertiary/aromatic N) is 1. The van der Waals surface area contributed by atoms with Crippen LogP contribution in [0.2, 0.25) is 0 Å². The molecule has 1 aromatic rings. The van der Waals surface area contributed by atoms with Crippen molar-refractivity contribution in [3.63, 3.8) is 0 Å². The third-order valence-corrected chi connectivity index (χ3v) is 4.14. The number of carbonyl (C=O) groups excluding carboxylic acids is 1. The highest BCUT2D eigenvalue weighted by molar-refractivity contribution is 9.10. The zero-order valence-electron chi connectivity index (χ0n) is 10.9. The number of nitrogens with two attached hydrogens (primary N) is 1. The van der Waals surface area contributed by atoms with E-state index in [0.29, 0.717) is 11.7 Å². The molecule has 2 rings (SSSR count). The molecule has 0 radical (unpaired) electrons. The Morgan fingerprint density at radius 3 is 3.00 bits per heavy atom. The van der Waals surface area contributed by atoms with Gasteiger partial charge < -0.3 is 4.74 Å². The van der Waals surface area contributed by atoms with Gasteiger partial charge in [-0.05, 0) is 24.1 Å². The topological polar surface area (TPSA) is 67.6 Å². The first-order valence-corrected chi connectivity index (χ1v) is 6.98. The summed E-state index contributed by atoms with van der Waals surface area (Å²) in [6.45, 7) is 2.84. The van der Waals surface area contributed by atoms with Gasteiger partial charge in [-0.15, -0.1) is 0 Å². The number of amides is 1. The monoisotopic (exact) mass is 327 g/mol. The quantitative estimate of drug-likeness (QED) is 0.496. The molecule has 19 heavy (non-hydrogen) atoms. The summed E-state index contributed by atoms with van der Waals surface area (Å²) in [5.41, 5.74) is 3.84. The van der Waals surface area contributed by atoms with Crippen LogP contribution in [-0.4, -0.2) is 37.1 Å². The predicted octanol–water partition coefficient (Wildman–Crippen LogP) is 1.27. The van der Waals surface area contributed by atoms with Crippen LogP contribution in [-0.2, 0) is 11.3 Å². The Balaban J connectivity index is 2.03. The third-order valence-electron chi connectivity index (χ3n) is 3.40. The van der Waals surface area contributed by atoms with Gasteiger partial charge in [0.25, 0.3) is 5.91 Å². The number of hydrazine groups is 1. The molecule has 6 heteroatoms. The highest BCUT2D eigenvalue weighted by Crippen LogP contribution is 2.22. The van der Waals surface area contributed by atoms with Gasteiger partial charge in [-0.1, -0.05) is 22.0 Å². The molecular formula is C13H18BrN3O2. The van der Waals surface area contributed by atoms with Crippen molar-refractivity contribution < 1.29 is 9.53 Å². The van der Waals surface area contributed by atoms with Gasteiger partial charge in [0.2, 0.25) is 0 Å². The molecule has 1 amide bonds. The van der Waals surface area contributed by atoms with Crippen molar-refractivity contribution in [2.24, 2.45) is 5.84 Å². The van der Waals surface area contributed by atoms with Gasteiger partial charge >= 0.3 is 0 Å². The van der Waals surface area contributed by atoms with Crippen LogP contribution in [0.4, 0.5) is 0 Å². The molecule has 1 saturated heterocycles. The SMILES string of the molecule is COC1CCN(Cc2ccc(C(=O)NN)cc2Br)C1. The van der Waals surface area contributed by atoms with Crippen LogP contribution in [0.5, 0.6) is 0 Å². The number of ether oxygens (including phenoxy) is 1. The van der Waals surface area contributed by atoms with E-state index in [1.54, 1.807) is 19.2 Å². The Kier molecular flexibility index (Phi) is 4.93. The molecular weight excluding hydrogens is 310 g/mol. The summed E-state index contributed by atoms with van der Waals surface area (Å²) in [5, 5.41) is 0. The van der Waals surface area contributed by atoms with Gasteiger partial charge in [-0.3, -0.25) is 15.1 Å². The summed E-state index contributed by atoms with van der Waals surface area (Å²) >= 11 is 3.51. The van der Waals surface area contributed by atoms with Crippen molar-refractivity contribution >= 4 is 21.8 Å². The molecule has 0 aliphatic carbocycles. The van der Waals surface area contributed by atoms with Crippen LogP contribution < -0.4 is 11.3 Å². The molecule has 1 atom stereocenters. The fourth-order valence-electron chi connectivity index (χ4n) is 2.27. The number of hydrogen-bond acceptors (Lipinski definition) is 4. The van der Waals surface area contributed by atoms with Crippen molar-refractivity contribution in [2.45, 2.75) is 19.1 Å². The molecule has 104 valence electrons. The van der Waals surface area contributed by atoms with Crippen molar-refractivity contribution in [2.75, 3.05) is 20.2 Å². The number of likely N-dealkylation sites (tertiary alicyclic amines) is 1. The molecule has 1 aliphatic rings. The van der Waals surface area contributed by atoms with E-state index in [9.17, 15) is 4.79 Å². The average Bonchev–Trinajstić information content (AvgIpc) is 2.88. The molecule has 0 aromatic heterocycles. The summed E-state index contributed by atoms with van der Waals surface area (Å²) in [4.78, 5) is 13.8. The lowest BCUT2D eigenvalue weighted by Gasteiger charge is -2.17. The van der Waals surface area contributed by atoms with Gasteiger partial charge in [0, 0.05) is 36.8 Å². The van der Waals surface area contributed by atoms with Crippen LogP contribution in [0.25, 0.3) is 0 Å². The minimum atomic E-state index is -0.284. The van der Waals surface area contributed by atoms with E-state index in [1.807, 2.05) is 6.07 Å². The Labute approximate surface area is 121 Å². The van der Waals surface area contributed by atoms with Crippen LogP contribution in [0.3, 0.4) is 0 Å². The maximum atomic E-state index is 11.4. The molecule has 1 unspecified atom stereocenters. The largest absolute Gasteiger partial charge is 0.380 e. The van der Waals surface area contributed by atoms with Gasteiger partial charge in [-0.25, -0.2) is 5.84 Å². The first-order valence-electron chi connectivity index (χ1n) is 6.18. The second-order valence-electron chi connectivity index (χ2n) is 4.66. The standard InChI is InChI=1S/C13H18BrN3O2/c1-19-11-4-5-17(8-11)7-10-3-2-9(6-12(10)14)13(18)16-15/h2-3,6,11H,4-5,7-8,15H2,1H3,(H,16,18). The summed E-state index contributed by atoms with van der Waals surface area (Å²) in [6.07, 6.45) is 1.41. The first kappa shape index (κ1) is 14.5. The Bertz CT molecular complexity index is 467. The van der Waals surface area contributed by atoms with E-state index >= 15 is 0 Å². The maximum Gasteiger partial charge on any atom is 0.265 e. The van der Waals surface area contributed by atoms with Gasteiger partial charge in [0.15, 0.2) is 0 Å². The smallest absolute Gasteiger partial charge is 0.265 e. The number of rotatable bonds is 4. The number of carbonyl (C=O) groups is 1. The lowest BCUT2D eigenvalue weighted by atomic mass is 10.1. The second kappa shape index (κ2) is 6.47. The fraction of sp³-hybridized carbons (Fsp3) is 0.462. The van der Waals surface area contributed by atoms with Crippen LogP contribution >= 0.6 is 15.9 Å². The normalized spacial score (nSPS) is 19.6. The van der Waals surface area contributed by atoms with E-state index in [1.165, 1.54) is 0 Å². The highest BCUT2D eigenvalue weighted by Gasteiger charge is 2.22. The number of hydrogen-bond donors (Lipinski definition) is 2. The molecule has 5 nitrogen and oxygen atoms in total. The maximum absolute atomic E-state index is 11.4. The Morgan fingerprint density at radius 1 is 1.63 bits per heavy atom. The van der Waals surface area contributed by atoms with Crippen molar-refractivity contribution in [3.8, 4) is 0 Å². The van der Waals surface area contributed by atoms with Crippen LogP contribution in [0.15, 0.2) is 22.7 Å². The lowest BCUT2D eigenvalue weighted by molar-refractivity contribution is 0.0953. The number of halogens is 1. The van der Waals surface area contributed by atoms with Gasteiger partial charge in [0.1, 0.15) is 0 Å². The fourth-order valence-corrected chi connectivity index (χ4v) is 2.78. The Hall–Kier alpha value is -0.950. The van der Waals surface area contributed by atoms with Crippen molar-refractivity contribution in [1.82, 2.24) is 10.3 Å². The summed E-state index contributed by atoms with van der Waals surface area (Å²) < 4.78 is 6.28. The van der Waals surface area contributed by atoms with E-state index in [2.05, 4.69) is 26.3 Å². The molecule has 1 aromatic carbocycles. The summed E-state index contributed by atoms with van der Waals surface area (Å²) in [6, 6.07) is 5.53. The number of nitrogen functional groups attached to an aromatic ring is 1. The van der Waals surface area contributed by atoms with E-state index in [-0.39, 0.29) is 5.91 Å². The van der Waals surface area contributed by atoms with Crippen molar-refractivity contribution in [1.29, 1.82) is 0 Å². The predicted molar refractivity (Wildman–Crippen MR) is 76.5 cm³/mol. The van der Waals surface area contributed by atoms with Crippen LogP contribution in [0.1, 0.15) is 22.3 Å². The first-order chi connectivity index (χ1) is 9.13. The number of methoxy groups -OCH3 is 1. The molecule has 1 fully saturated rings. The summed E-state index contributed by atoms with van der Waals surface area (Å²) in [7, 11) is 1.75. The van der Waals surface area contributed by atoms with Gasteiger partial charge in [-0.2, -0.15) is 0 Å². The average molecular weight is 328 g/mol. The van der Waals surface area contributed by atoms with Crippen molar-refractivity contribution in [3.05, 3.63) is 33.8 Å². The zero-order valence-corrected chi connectivity index (χ0v) is 12.4. The molecule has 3 N–H and O–H groups in total. The summed E-state index contributed by atoms with van der Waals surface area (Å²) in [5.74, 6) is 4.83. The molecule has 1 heterocycles. The molecule has 0 bridgehead atoms. The second-order valence-corrected chi connectivity index (χ2v) is 5.52. The van der Waals surface area contributed by atoms with Gasteiger partial charge in [0.05, 0.1) is 6.10 Å². The number of nitrogens with one attached hydrogen (secondary N) is 1. The third kappa shape index (κ3) is 3.54. The minimum absolute atomic E-state index is 0.284. The van der Waals surface area contributed by atoms with E-state index in [0.717, 1.165) is 36.1 Å². The molecule has 0 saturated carbocycles. The highest BCUT2D eigenvalue weighted by atomic mass is 79.9. The number of benzene rings is 1. The minimum Gasteiger partial charge on any atom is -0.380 e. The van der Waals surface area contributed by atoms with Crippen LogP contribution in [0, 0.1) is 0 Å². The molecule has 1 aliphatic heterocycles. The Morgan fingerprint density at radius 2 is 2.42 bits per heavy atom. The van der Waals surface area contributed by atoms with E-state index in [4.69, 9.17) is 10.6 Å². The molecule has 0 spiro atoms. The zero-order chi connectivity index (χ0) is 13.8. The van der Waals surface area contributed by atoms with E-state index < -0.39 is 0 Å². The lowest BCUT2D eigenvalue weighted by Crippen LogP contribution is -2.30.